The predicted molar refractivity (Wildman–Crippen MR) is 50.3 cm³/mol. The van der Waals surface area contributed by atoms with Gasteiger partial charge < -0.3 is 15.2 Å². The molecule has 0 aliphatic heterocycles. The maximum Gasteiger partial charge on any atom is 0.220 e. The Kier molecular flexibility index (Phi) is 6.54. The quantitative estimate of drug-likeness (QED) is 0.625. The Bertz CT molecular complexity index is 150. The minimum atomic E-state index is -0.165. The normalized spacial score (nSPS) is 15.1. The summed E-state index contributed by atoms with van der Waals surface area (Å²) in [5.74, 6) is 0.182. The molecule has 0 fully saturated rings. The number of carbonyl (C=O) groups excluding carboxylic acids is 1. The number of aliphatic hydroxyl groups is 1. The van der Waals surface area contributed by atoms with Crippen LogP contribution in [-0.2, 0) is 9.53 Å². The lowest BCUT2D eigenvalue weighted by atomic mass is 10.1. The van der Waals surface area contributed by atoms with Crippen LogP contribution < -0.4 is 5.32 Å². The number of rotatable bonds is 6. The Labute approximate surface area is 79.3 Å². The Morgan fingerprint density at radius 1 is 1.54 bits per heavy atom. The first-order valence-electron chi connectivity index (χ1n) is 4.49. The highest BCUT2D eigenvalue weighted by atomic mass is 16.5. The van der Waals surface area contributed by atoms with Crippen LogP contribution in [0.15, 0.2) is 0 Å². The maximum absolute atomic E-state index is 11.2. The van der Waals surface area contributed by atoms with E-state index in [0.717, 1.165) is 0 Å². The van der Waals surface area contributed by atoms with Crippen LogP contribution in [0, 0.1) is 5.92 Å². The van der Waals surface area contributed by atoms with Gasteiger partial charge in [0.15, 0.2) is 0 Å². The molecule has 1 amide bonds. The van der Waals surface area contributed by atoms with Gasteiger partial charge in [0, 0.05) is 26.2 Å². The second-order valence-electron chi connectivity index (χ2n) is 3.42. The van der Waals surface area contributed by atoms with E-state index in [4.69, 9.17) is 9.84 Å². The molecule has 0 radical (unpaired) electrons. The second kappa shape index (κ2) is 6.86. The fourth-order valence-electron chi connectivity index (χ4n) is 1.04. The Hall–Kier alpha value is -0.610. The Morgan fingerprint density at radius 3 is 2.62 bits per heavy atom. The Morgan fingerprint density at radius 2 is 2.15 bits per heavy atom. The number of hydrogen-bond acceptors (Lipinski definition) is 3. The summed E-state index contributed by atoms with van der Waals surface area (Å²) in [4.78, 5) is 11.2. The van der Waals surface area contributed by atoms with E-state index in [2.05, 4.69) is 5.32 Å². The molecule has 4 heteroatoms. The molecule has 2 N–H and O–H groups in total. The van der Waals surface area contributed by atoms with Crippen LogP contribution in [-0.4, -0.2) is 37.4 Å². The summed E-state index contributed by atoms with van der Waals surface area (Å²) in [6, 6.07) is -0.165. The standard InChI is InChI=1S/C9H19NO3/c1-7(6-13-3)4-9(12)10-8(2)5-11/h7-8,11H,4-6H2,1-3H3,(H,10,12)/t7?,8-/m1/s1. The van der Waals surface area contributed by atoms with Gasteiger partial charge in [0.25, 0.3) is 0 Å². The van der Waals surface area contributed by atoms with E-state index in [0.29, 0.717) is 13.0 Å². The highest BCUT2D eigenvalue weighted by Crippen LogP contribution is 2.01. The van der Waals surface area contributed by atoms with Crippen LogP contribution in [0.2, 0.25) is 0 Å². The van der Waals surface area contributed by atoms with Crippen molar-refractivity contribution in [2.24, 2.45) is 5.92 Å². The first-order valence-corrected chi connectivity index (χ1v) is 4.49. The van der Waals surface area contributed by atoms with Gasteiger partial charge in [-0.1, -0.05) is 6.92 Å². The minimum Gasteiger partial charge on any atom is -0.394 e. The third kappa shape index (κ3) is 6.54. The lowest BCUT2D eigenvalue weighted by Crippen LogP contribution is -2.36. The van der Waals surface area contributed by atoms with Crippen molar-refractivity contribution in [1.82, 2.24) is 5.32 Å². The number of nitrogens with one attached hydrogen (secondary N) is 1. The van der Waals surface area contributed by atoms with Gasteiger partial charge >= 0.3 is 0 Å². The van der Waals surface area contributed by atoms with Crippen LogP contribution in [0.3, 0.4) is 0 Å². The number of carbonyl (C=O) groups is 1. The smallest absolute Gasteiger partial charge is 0.220 e. The number of ether oxygens (including phenoxy) is 1. The van der Waals surface area contributed by atoms with E-state index in [1.54, 1.807) is 14.0 Å². The fraction of sp³-hybridized carbons (Fsp3) is 0.889. The molecule has 1 unspecified atom stereocenters. The summed E-state index contributed by atoms with van der Waals surface area (Å²) < 4.78 is 4.91. The number of hydrogen-bond donors (Lipinski definition) is 2. The molecule has 0 aliphatic rings. The zero-order valence-electron chi connectivity index (χ0n) is 8.54. The minimum absolute atomic E-state index is 0.0234. The first kappa shape index (κ1) is 12.4. The molecule has 0 saturated carbocycles. The van der Waals surface area contributed by atoms with Crippen LogP contribution in [0.25, 0.3) is 0 Å². The van der Waals surface area contributed by atoms with Crippen molar-refractivity contribution in [3.8, 4) is 0 Å². The van der Waals surface area contributed by atoms with Crippen LogP contribution in [0.1, 0.15) is 20.3 Å². The highest BCUT2D eigenvalue weighted by Gasteiger charge is 2.10. The van der Waals surface area contributed by atoms with Crippen molar-refractivity contribution in [3.05, 3.63) is 0 Å². The molecule has 0 aromatic carbocycles. The summed E-state index contributed by atoms with van der Waals surface area (Å²) in [5.41, 5.74) is 0. The molecule has 0 aromatic heterocycles. The summed E-state index contributed by atoms with van der Waals surface area (Å²) in [7, 11) is 1.62. The first-order chi connectivity index (χ1) is 6.10. The molecule has 13 heavy (non-hydrogen) atoms. The molecular weight excluding hydrogens is 170 g/mol. The van der Waals surface area contributed by atoms with E-state index in [-0.39, 0.29) is 24.5 Å². The van der Waals surface area contributed by atoms with E-state index >= 15 is 0 Å². The van der Waals surface area contributed by atoms with Gasteiger partial charge in [-0.15, -0.1) is 0 Å². The second-order valence-corrected chi connectivity index (χ2v) is 3.42. The summed E-state index contributed by atoms with van der Waals surface area (Å²) in [5, 5.41) is 11.4. The van der Waals surface area contributed by atoms with Gasteiger partial charge in [-0.3, -0.25) is 4.79 Å². The summed E-state index contributed by atoms with van der Waals surface area (Å²) >= 11 is 0. The number of methoxy groups -OCH3 is 1. The lowest BCUT2D eigenvalue weighted by molar-refractivity contribution is -0.123. The van der Waals surface area contributed by atoms with Crippen molar-refractivity contribution in [2.75, 3.05) is 20.3 Å². The molecule has 0 aromatic rings. The predicted octanol–water partition coefficient (Wildman–Crippen LogP) is 0.156. The molecular formula is C9H19NO3. The monoisotopic (exact) mass is 189 g/mol. The molecule has 2 atom stereocenters. The summed E-state index contributed by atoms with van der Waals surface area (Å²) in [6.45, 7) is 4.27. The van der Waals surface area contributed by atoms with Crippen molar-refractivity contribution in [1.29, 1.82) is 0 Å². The summed E-state index contributed by atoms with van der Waals surface area (Å²) in [6.07, 6.45) is 0.443. The fourth-order valence-corrected chi connectivity index (χ4v) is 1.04. The molecule has 78 valence electrons. The van der Waals surface area contributed by atoms with Crippen molar-refractivity contribution in [2.45, 2.75) is 26.3 Å². The topological polar surface area (TPSA) is 58.6 Å². The molecule has 0 rings (SSSR count). The maximum atomic E-state index is 11.2. The molecule has 0 aliphatic carbocycles. The van der Waals surface area contributed by atoms with Gasteiger partial charge in [0.05, 0.1) is 6.61 Å². The lowest BCUT2D eigenvalue weighted by Gasteiger charge is -2.13. The van der Waals surface area contributed by atoms with Crippen LogP contribution in [0.5, 0.6) is 0 Å². The van der Waals surface area contributed by atoms with E-state index in [1.807, 2.05) is 6.92 Å². The zero-order chi connectivity index (χ0) is 10.3. The van der Waals surface area contributed by atoms with Crippen molar-refractivity contribution < 1.29 is 14.6 Å². The van der Waals surface area contributed by atoms with Gasteiger partial charge in [0.2, 0.25) is 5.91 Å². The average Bonchev–Trinajstić information content (AvgIpc) is 2.04. The third-order valence-corrected chi connectivity index (χ3v) is 1.67. The highest BCUT2D eigenvalue weighted by molar-refractivity contribution is 5.76. The number of aliphatic hydroxyl groups excluding tert-OH is 1. The SMILES string of the molecule is COCC(C)CC(=O)N[C@H](C)CO. The van der Waals surface area contributed by atoms with Crippen LogP contribution >= 0.6 is 0 Å². The largest absolute Gasteiger partial charge is 0.394 e. The Balaban J connectivity index is 3.61. The third-order valence-electron chi connectivity index (χ3n) is 1.67. The van der Waals surface area contributed by atoms with Gasteiger partial charge in [-0.2, -0.15) is 0 Å². The molecule has 0 bridgehead atoms. The molecule has 4 nitrogen and oxygen atoms in total. The zero-order valence-corrected chi connectivity index (χ0v) is 8.54. The van der Waals surface area contributed by atoms with Crippen molar-refractivity contribution >= 4 is 5.91 Å². The van der Waals surface area contributed by atoms with E-state index in [9.17, 15) is 4.79 Å². The molecule has 0 heterocycles. The van der Waals surface area contributed by atoms with E-state index < -0.39 is 0 Å². The molecule has 0 spiro atoms. The van der Waals surface area contributed by atoms with Gasteiger partial charge in [0.1, 0.15) is 0 Å². The average molecular weight is 189 g/mol. The molecule has 0 saturated heterocycles. The number of amides is 1. The van der Waals surface area contributed by atoms with E-state index in [1.165, 1.54) is 0 Å². The van der Waals surface area contributed by atoms with Gasteiger partial charge in [-0.05, 0) is 12.8 Å². The van der Waals surface area contributed by atoms with Gasteiger partial charge in [-0.25, -0.2) is 0 Å². The van der Waals surface area contributed by atoms with Crippen molar-refractivity contribution in [3.63, 3.8) is 0 Å². The van der Waals surface area contributed by atoms with Crippen LogP contribution in [0.4, 0.5) is 0 Å².